The highest BCUT2D eigenvalue weighted by atomic mass is 79.9. The number of halogens is 2. The lowest BCUT2D eigenvalue weighted by atomic mass is 10.1. The van der Waals surface area contributed by atoms with E-state index in [0.29, 0.717) is 10.6 Å². The average Bonchev–Trinajstić information content (AvgIpc) is 2.83. The minimum Gasteiger partial charge on any atom is -0.377 e. The van der Waals surface area contributed by atoms with Crippen LogP contribution in [0.2, 0.25) is 5.02 Å². The second-order valence-electron chi connectivity index (χ2n) is 4.89. The molecular weight excluding hydrogens is 336 g/mol. The molecule has 0 aromatic heterocycles. The number of nitrogens with one attached hydrogen (secondary N) is 1. The van der Waals surface area contributed by atoms with Crippen LogP contribution in [0.25, 0.3) is 0 Å². The summed E-state index contributed by atoms with van der Waals surface area (Å²) in [6.07, 6.45) is 2.10. The van der Waals surface area contributed by atoms with Crippen LogP contribution in [0.1, 0.15) is 29.2 Å². The minimum absolute atomic E-state index is 0.254. The molecule has 2 aromatic carbocycles. The molecule has 0 heterocycles. The van der Waals surface area contributed by atoms with Crippen LogP contribution in [0.15, 0.2) is 40.9 Å². The number of hydrogen-bond acceptors (Lipinski definition) is 2. The molecule has 0 amide bonds. The van der Waals surface area contributed by atoms with E-state index in [4.69, 9.17) is 16.9 Å². The lowest BCUT2D eigenvalue weighted by molar-refractivity contribution is 0.762. The Bertz CT molecular complexity index is 706. The summed E-state index contributed by atoms with van der Waals surface area (Å²) in [5.41, 5.74) is 4.12. The van der Waals surface area contributed by atoms with Crippen molar-refractivity contribution in [3.8, 4) is 6.07 Å². The van der Waals surface area contributed by atoms with Crippen LogP contribution in [-0.4, -0.2) is 0 Å². The van der Waals surface area contributed by atoms with Gasteiger partial charge in [-0.15, -0.1) is 0 Å². The summed E-state index contributed by atoms with van der Waals surface area (Å²) in [5, 5.41) is 13.1. The first kappa shape index (κ1) is 13.5. The number of nitriles is 1. The van der Waals surface area contributed by atoms with E-state index in [-0.39, 0.29) is 6.04 Å². The van der Waals surface area contributed by atoms with Crippen molar-refractivity contribution in [2.45, 2.75) is 18.9 Å². The Morgan fingerprint density at radius 1 is 1.25 bits per heavy atom. The topological polar surface area (TPSA) is 35.8 Å². The molecule has 0 radical (unpaired) electrons. The van der Waals surface area contributed by atoms with Gasteiger partial charge in [-0.05, 0) is 54.3 Å². The average molecular weight is 348 g/mol. The number of anilines is 1. The van der Waals surface area contributed by atoms with Gasteiger partial charge in [0.25, 0.3) is 0 Å². The van der Waals surface area contributed by atoms with E-state index in [2.05, 4.69) is 45.5 Å². The van der Waals surface area contributed by atoms with E-state index in [9.17, 15) is 0 Å². The van der Waals surface area contributed by atoms with E-state index < -0.39 is 0 Å². The largest absolute Gasteiger partial charge is 0.377 e. The summed E-state index contributed by atoms with van der Waals surface area (Å²) in [6, 6.07) is 14.1. The van der Waals surface area contributed by atoms with Crippen LogP contribution < -0.4 is 5.32 Å². The maximum atomic E-state index is 8.98. The molecule has 0 aliphatic heterocycles. The molecule has 0 spiro atoms. The van der Waals surface area contributed by atoms with E-state index >= 15 is 0 Å². The molecule has 1 unspecified atom stereocenters. The third-order valence-electron chi connectivity index (χ3n) is 3.61. The van der Waals surface area contributed by atoms with Gasteiger partial charge in [0.1, 0.15) is 0 Å². The van der Waals surface area contributed by atoms with Crippen molar-refractivity contribution >= 4 is 33.2 Å². The zero-order valence-corrected chi connectivity index (χ0v) is 13.0. The maximum Gasteiger partial charge on any atom is 0.0992 e. The van der Waals surface area contributed by atoms with Gasteiger partial charge in [0.15, 0.2) is 0 Å². The van der Waals surface area contributed by atoms with Crippen molar-refractivity contribution in [1.82, 2.24) is 0 Å². The predicted octanol–water partition coefficient (Wildman–Crippen LogP) is 5.07. The first-order valence-corrected chi connectivity index (χ1v) is 7.59. The summed E-state index contributed by atoms with van der Waals surface area (Å²) in [7, 11) is 0. The second kappa shape index (κ2) is 5.47. The Balaban J connectivity index is 1.89. The van der Waals surface area contributed by atoms with Gasteiger partial charge in [0, 0.05) is 4.47 Å². The van der Waals surface area contributed by atoms with Gasteiger partial charge in [-0.1, -0.05) is 33.6 Å². The lowest BCUT2D eigenvalue weighted by Gasteiger charge is -2.17. The van der Waals surface area contributed by atoms with Gasteiger partial charge in [0.2, 0.25) is 0 Å². The van der Waals surface area contributed by atoms with Crippen molar-refractivity contribution < 1.29 is 0 Å². The summed E-state index contributed by atoms with van der Waals surface area (Å²) in [4.78, 5) is 0. The molecule has 0 bridgehead atoms. The van der Waals surface area contributed by atoms with Crippen molar-refractivity contribution in [2.75, 3.05) is 5.32 Å². The normalized spacial score (nSPS) is 16.6. The lowest BCUT2D eigenvalue weighted by Crippen LogP contribution is -2.07. The summed E-state index contributed by atoms with van der Waals surface area (Å²) >= 11 is 9.71. The van der Waals surface area contributed by atoms with Gasteiger partial charge in [-0.25, -0.2) is 0 Å². The highest BCUT2D eigenvalue weighted by molar-refractivity contribution is 9.10. The molecule has 1 atom stereocenters. The minimum atomic E-state index is 0.254. The molecule has 0 saturated carbocycles. The molecule has 2 nitrogen and oxygen atoms in total. The summed E-state index contributed by atoms with van der Waals surface area (Å²) in [5.74, 6) is 0. The zero-order chi connectivity index (χ0) is 14.1. The van der Waals surface area contributed by atoms with Crippen LogP contribution in [0.4, 0.5) is 5.69 Å². The second-order valence-corrected chi connectivity index (χ2v) is 6.21. The SMILES string of the molecule is N#Cc1ccc(Cl)c(NC2CCc3cc(Br)ccc32)c1. The van der Waals surface area contributed by atoms with Crippen LogP contribution in [0.5, 0.6) is 0 Å². The Hall–Kier alpha value is -1.50. The molecule has 4 heteroatoms. The number of aryl methyl sites for hydroxylation is 1. The number of benzene rings is 2. The van der Waals surface area contributed by atoms with Gasteiger partial charge in [-0.2, -0.15) is 5.26 Å². The van der Waals surface area contributed by atoms with E-state index in [0.717, 1.165) is 23.0 Å². The number of nitrogens with zero attached hydrogens (tertiary/aromatic N) is 1. The number of fused-ring (bicyclic) bond motifs is 1. The molecule has 2 aromatic rings. The highest BCUT2D eigenvalue weighted by Gasteiger charge is 2.23. The Labute approximate surface area is 131 Å². The zero-order valence-electron chi connectivity index (χ0n) is 10.7. The maximum absolute atomic E-state index is 8.98. The van der Waals surface area contributed by atoms with Gasteiger partial charge < -0.3 is 5.32 Å². The van der Waals surface area contributed by atoms with Crippen molar-refractivity contribution in [2.24, 2.45) is 0 Å². The quantitative estimate of drug-likeness (QED) is 0.823. The summed E-state index contributed by atoms with van der Waals surface area (Å²) in [6.45, 7) is 0. The highest BCUT2D eigenvalue weighted by Crippen LogP contribution is 2.37. The van der Waals surface area contributed by atoms with Gasteiger partial charge in [-0.3, -0.25) is 0 Å². The van der Waals surface area contributed by atoms with Gasteiger partial charge >= 0.3 is 0 Å². The fourth-order valence-electron chi connectivity index (χ4n) is 2.63. The number of rotatable bonds is 2. The molecule has 1 aliphatic carbocycles. The molecule has 0 fully saturated rings. The molecule has 1 N–H and O–H groups in total. The van der Waals surface area contributed by atoms with Crippen LogP contribution in [-0.2, 0) is 6.42 Å². The smallest absolute Gasteiger partial charge is 0.0992 e. The van der Waals surface area contributed by atoms with E-state index in [1.807, 2.05) is 0 Å². The van der Waals surface area contributed by atoms with Crippen molar-refractivity contribution in [3.05, 3.63) is 62.6 Å². The van der Waals surface area contributed by atoms with Crippen molar-refractivity contribution in [3.63, 3.8) is 0 Å². The molecule has 3 rings (SSSR count). The summed E-state index contributed by atoms with van der Waals surface area (Å²) < 4.78 is 1.11. The Kier molecular flexibility index (Phi) is 3.69. The first-order valence-electron chi connectivity index (χ1n) is 6.42. The Morgan fingerprint density at radius 3 is 2.90 bits per heavy atom. The molecule has 100 valence electrons. The third-order valence-corrected chi connectivity index (χ3v) is 4.43. The standard InChI is InChI=1S/C16H12BrClN2/c17-12-3-4-13-11(8-12)2-6-15(13)20-16-7-10(9-19)1-5-14(16)18/h1,3-5,7-8,15,20H,2,6H2. The molecule has 20 heavy (non-hydrogen) atoms. The molecule has 1 aliphatic rings. The van der Waals surface area contributed by atoms with Gasteiger partial charge in [0.05, 0.1) is 28.4 Å². The monoisotopic (exact) mass is 346 g/mol. The van der Waals surface area contributed by atoms with Crippen LogP contribution in [0.3, 0.4) is 0 Å². The number of hydrogen-bond donors (Lipinski definition) is 1. The first-order chi connectivity index (χ1) is 9.67. The fraction of sp³-hybridized carbons (Fsp3) is 0.188. The predicted molar refractivity (Wildman–Crippen MR) is 85.0 cm³/mol. The van der Waals surface area contributed by atoms with Crippen LogP contribution in [0, 0.1) is 11.3 Å². The van der Waals surface area contributed by atoms with E-state index in [1.165, 1.54) is 11.1 Å². The Morgan fingerprint density at radius 2 is 2.10 bits per heavy atom. The van der Waals surface area contributed by atoms with E-state index in [1.54, 1.807) is 18.2 Å². The van der Waals surface area contributed by atoms with Crippen molar-refractivity contribution in [1.29, 1.82) is 5.26 Å². The van der Waals surface area contributed by atoms with Crippen LogP contribution >= 0.6 is 27.5 Å². The molecule has 0 saturated heterocycles. The molecular formula is C16H12BrClN2. The fourth-order valence-corrected chi connectivity index (χ4v) is 3.21. The third kappa shape index (κ3) is 2.54.